The third kappa shape index (κ3) is 2.21. The molecule has 0 saturated heterocycles. The van der Waals surface area contributed by atoms with Crippen molar-refractivity contribution in [1.82, 2.24) is 4.90 Å². The first-order chi connectivity index (χ1) is 7.48. The molecule has 1 atom stereocenters. The number of nitrogens with zero attached hydrogens (tertiary/aromatic N) is 1. The Morgan fingerprint density at radius 3 is 2.44 bits per heavy atom. The lowest BCUT2D eigenvalue weighted by Crippen LogP contribution is -2.45. The second-order valence-electron chi connectivity index (χ2n) is 4.21. The number of rotatable bonds is 1. The van der Waals surface area contributed by atoms with E-state index in [0.717, 1.165) is 5.56 Å². The standard InChI is InChI=1S/C12H14F3N/c1-9(12(13,14)15)16-7-6-10-4-2-3-5-11(10)8-16/h2-5,9H,6-8H2,1H3. The normalized spacial score (nSPS) is 19.2. The van der Waals surface area contributed by atoms with Crippen LogP contribution in [0.25, 0.3) is 0 Å². The van der Waals surface area contributed by atoms with Crippen molar-refractivity contribution in [2.45, 2.75) is 32.1 Å². The van der Waals surface area contributed by atoms with Crippen LogP contribution in [0.2, 0.25) is 0 Å². The molecule has 1 aliphatic heterocycles. The Bertz CT molecular complexity index is 373. The van der Waals surface area contributed by atoms with Crippen LogP contribution in [0.15, 0.2) is 24.3 Å². The molecular weight excluding hydrogens is 215 g/mol. The van der Waals surface area contributed by atoms with Crippen LogP contribution in [-0.2, 0) is 13.0 Å². The molecule has 1 aromatic rings. The fourth-order valence-electron chi connectivity index (χ4n) is 2.06. The minimum Gasteiger partial charge on any atom is -0.288 e. The van der Waals surface area contributed by atoms with Crippen molar-refractivity contribution in [1.29, 1.82) is 0 Å². The highest BCUT2D eigenvalue weighted by molar-refractivity contribution is 5.29. The SMILES string of the molecule is CC(N1CCc2ccccc2C1)C(F)(F)F. The van der Waals surface area contributed by atoms with Gasteiger partial charge in [-0.05, 0) is 24.5 Å². The zero-order chi connectivity index (χ0) is 11.8. The zero-order valence-electron chi connectivity index (χ0n) is 9.09. The Kier molecular flexibility index (Phi) is 2.93. The molecule has 1 aliphatic rings. The van der Waals surface area contributed by atoms with Crippen molar-refractivity contribution in [2.24, 2.45) is 0 Å². The van der Waals surface area contributed by atoms with E-state index in [4.69, 9.17) is 0 Å². The Hall–Kier alpha value is -1.03. The molecule has 0 amide bonds. The molecule has 0 aromatic heterocycles. The van der Waals surface area contributed by atoms with Crippen LogP contribution in [-0.4, -0.2) is 23.7 Å². The summed E-state index contributed by atoms with van der Waals surface area (Å²) in [7, 11) is 0. The van der Waals surface area contributed by atoms with Gasteiger partial charge in [-0.25, -0.2) is 0 Å². The molecule has 2 rings (SSSR count). The van der Waals surface area contributed by atoms with Crippen LogP contribution in [0, 0.1) is 0 Å². The van der Waals surface area contributed by atoms with Crippen LogP contribution in [0.1, 0.15) is 18.1 Å². The topological polar surface area (TPSA) is 3.24 Å². The zero-order valence-corrected chi connectivity index (χ0v) is 9.09. The van der Waals surface area contributed by atoms with Crippen molar-refractivity contribution in [3.63, 3.8) is 0 Å². The van der Waals surface area contributed by atoms with E-state index < -0.39 is 12.2 Å². The molecule has 1 aromatic carbocycles. The van der Waals surface area contributed by atoms with Crippen LogP contribution < -0.4 is 0 Å². The summed E-state index contributed by atoms with van der Waals surface area (Å²) < 4.78 is 37.7. The number of benzene rings is 1. The fraction of sp³-hybridized carbons (Fsp3) is 0.500. The van der Waals surface area contributed by atoms with Gasteiger partial charge in [-0.1, -0.05) is 24.3 Å². The van der Waals surface area contributed by atoms with Crippen molar-refractivity contribution >= 4 is 0 Å². The Labute approximate surface area is 92.9 Å². The summed E-state index contributed by atoms with van der Waals surface area (Å²) >= 11 is 0. The lowest BCUT2D eigenvalue weighted by atomic mass is 9.99. The predicted molar refractivity (Wildman–Crippen MR) is 56.1 cm³/mol. The largest absolute Gasteiger partial charge is 0.403 e. The fourth-order valence-corrected chi connectivity index (χ4v) is 2.06. The van der Waals surface area contributed by atoms with E-state index in [1.807, 2.05) is 24.3 Å². The minimum absolute atomic E-state index is 0.400. The van der Waals surface area contributed by atoms with E-state index in [1.54, 1.807) is 0 Å². The maximum Gasteiger partial charge on any atom is 0.403 e. The Morgan fingerprint density at radius 2 is 1.81 bits per heavy atom. The van der Waals surface area contributed by atoms with Crippen molar-refractivity contribution in [2.75, 3.05) is 6.54 Å². The second-order valence-corrected chi connectivity index (χ2v) is 4.21. The summed E-state index contributed by atoms with van der Waals surface area (Å²) in [4.78, 5) is 1.49. The van der Waals surface area contributed by atoms with E-state index >= 15 is 0 Å². The van der Waals surface area contributed by atoms with Gasteiger partial charge in [0.1, 0.15) is 6.04 Å². The van der Waals surface area contributed by atoms with Gasteiger partial charge in [-0.3, -0.25) is 4.90 Å². The summed E-state index contributed by atoms with van der Waals surface area (Å²) in [5.74, 6) is 0. The molecule has 0 radical (unpaired) electrons. The van der Waals surface area contributed by atoms with E-state index in [1.165, 1.54) is 17.4 Å². The van der Waals surface area contributed by atoms with Gasteiger partial charge < -0.3 is 0 Å². The van der Waals surface area contributed by atoms with E-state index in [0.29, 0.717) is 19.5 Å². The summed E-state index contributed by atoms with van der Waals surface area (Å²) in [6.07, 6.45) is -3.43. The molecule has 1 heterocycles. The van der Waals surface area contributed by atoms with Gasteiger partial charge in [-0.15, -0.1) is 0 Å². The molecule has 0 fully saturated rings. The van der Waals surface area contributed by atoms with Gasteiger partial charge in [0, 0.05) is 13.1 Å². The highest BCUT2D eigenvalue weighted by Crippen LogP contribution is 2.28. The van der Waals surface area contributed by atoms with Gasteiger partial charge in [0.15, 0.2) is 0 Å². The minimum atomic E-state index is -4.13. The molecule has 0 N–H and O–H groups in total. The van der Waals surface area contributed by atoms with Gasteiger partial charge >= 0.3 is 6.18 Å². The number of halogens is 3. The van der Waals surface area contributed by atoms with Gasteiger partial charge in [-0.2, -0.15) is 13.2 Å². The summed E-state index contributed by atoms with van der Waals surface area (Å²) in [6.45, 7) is 2.11. The molecule has 88 valence electrons. The van der Waals surface area contributed by atoms with E-state index in [-0.39, 0.29) is 0 Å². The Balaban J connectivity index is 2.14. The van der Waals surface area contributed by atoms with Crippen LogP contribution in [0.5, 0.6) is 0 Å². The quantitative estimate of drug-likeness (QED) is 0.715. The van der Waals surface area contributed by atoms with Crippen LogP contribution >= 0.6 is 0 Å². The third-order valence-corrected chi connectivity index (χ3v) is 3.18. The van der Waals surface area contributed by atoms with Crippen LogP contribution in [0.4, 0.5) is 13.2 Å². The molecule has 16 heavy (non-hydrogen) atoms. The van der Waals surface area contributed by atoms with Crippen molar-refractivity contribution in [3.05, 3.63) is 35.4 Å². The molecule has 0 spiro atoms. The average Bonchev–Trinajstić information content (AvgIpc) is 2.26. The van der Waals surface area contributed by atoms with Gasteiger partial charge in [0.25, 0.3) is 0 Å². The van der Waals surface area contributed by atoms with Crippen molar-refractivity contribution < 1.29 is 13.2 Å². The lowest BCUT2D eigenvalue weighted by molar-refractivity contribution is -0.181. The van der Waals surface area contributed by atoms with E-state index in [9.17, 15) is 13.2 Å². The molecule has 1 unspecified atom stereocenters. The molecule has 1 nitrogen and oxygen atoms in total. The first kappa shape index (κ1) is 11.5. The molecule has 4 heteroatoms. The number of hydrogen-bond acceptors (Lipinski definition) is 1. The Morgan fingerprint density at radius 1 is 1.19 bits per heavy atom. The number of hydrogen-bond donors (Lipinski definition) is 0. The number of fused-ring (bicyclic) bond motifs is 1. The van der Waals surface area contributed by atoms with Gasteiger partial charge in [0.05, 0.1) is 0 Å². The summed E-state index contributed by atoms with van der Waals surface area (Å²) in [5.41, 5.74) is 2.19. The molecule has 0 saturated carbocycles. The van der Waals surface area contributed by atoms with Crippen molar-refractivity contribution in [3.8, 4) is 0 Å². The molecule has 0 aliphatic carbocycles. The molecular formula is C12H14F3N. The number of alkyl halides is 3. The second kappa shape index (κ2) is 4.09. The first-order valence-electron chi connectivity index (χ1n) is 5.36. The monoisotopic (exact) mass is 229 g/mol. The van der Waals surface area contributed by atoms with Crippen LogP contribution in [0.3, 0.4) is 0 Å². The van der Waals surface area contributed by atoms with Gasteiger partial charge in [0.2, 0.25) is 0 Å². The highest BCUT2D eigenvalue weighted by atomic mass is 19.4. The third-order valence-electron chi connectivity index (χ3n) is 3.18. The maximum absolute atomic E-state index is 12.6. The molecule has 0 bridgehead atoms. The summed E-state index contributed by atoms with van der Waals surface area (Å²) in [6, 6.07) is 6.35. The maximum atomic E-state index is 12.6. The smallest absolute Gasteiger partial charge is 0.288 e. The highest BCUT2D eigenvalue weighted by Gasteiger charge is 2.40. The lowest BCUT2D eigenvalue weighted by Gasteiger charge is -2.34. The van der Waals surface area contributed by atoms with E-state index in [2.05, 4.69) is 0 Å². The average molecular weight is 229 g/mol. The predicted octanol–water partition coefficient (Wildman–Crippen LogP) is 3.00. The first-order valence-corrected chi connectivity index (χ1v) is 5.36. The summed E-state index contributed by atoms with van der Waals surface area (Å²) in [5, 5.41) is 0.